The molecule has 0 saturated carbocycles. The van der Waals surface area contributed by atoms with Crippen molar-refractivity contribution in [2.75, 3.05) is 32.5 Å². The Hall–Kier alpha value is -2.75. The summed E-state index contributed by atoms with van der Waals surface area (Å²) in [5.74, 6) is -3.69. The molecule has 0 amide bonds. The number of carbonyl (C=O) groups is 2. The van der Waals surface area contributed by atoms with Crippen LogP contribution in [-0.2, 0) is 23.8 Å². The van der Waals surface area contributed by atoms with Gasteiger partial charge in [-0.3, -0.25) is 0 Å². The van der Waals surface area contributed by atoms with E-state index < -0.39 is 30.1 Å². The molecule has 0 spiro atoms. The van der Waals surface area contributed by atoms with E-state index in [1.807, 2.05) is 0 Å². The summed E-state index contributed by atoms with van der Waals surface area (Å²) in [4.78, 5) is 24.9. The van der Waals surface area contributed by atoms with Gasteiger partial charge in [0.25, 0.3) is 0 Å². The topological polar surface area (TPSA) is 74.3 Å². The van der Waals surface area contributed by atoms with E-state index in [-0.39, 0.29) is 30.3 Å². The van der Waals surface area contributed by atoms with E-state index in [0.717, 1.165) is 25.2 Å². The minimum absolute atomic E-state index is 0.194. The minimum atomic E-state index is -3.23. The lowest BCUT2D eigenvalue weighted by Crippen LogP contribution is -2.39. The van der Waals surface area contributed by atoms with Crippen LogP contribution in [0.25, 0.3) is 0 Å². The molecule has 0 radical (unpaired) electrons. The molecule has 0 saturated heterocycles. The Kier molecular flexibility index (Phi) is 5.86. The van der Waals surface area contributed by atoms with E-state index >= 15 is 0 Å². The normalized spacial score (nSPS) is 14.6. The lowest BCUT2D eigenvalue weighted by Gasteiger charge is -2.31. The van der Waals surface area contributed by atoms with Crippen LogP contribution in [0.5, 0.6) is 5.75 Å². The maximum atomic E-state index is 14.5. The minimum Gasteiger partial charge on any atom is -0.466 e. The average Bonchev–Trinajstić information content (AvgIpc) is 2.61. The highest BCUT2D eigenvalue weighted by Gasteiger charge is 2.34. The van der Waals surface area contributed by atoms with Crippen molar-refractivity contribution in [1.82, 2.24) is 0 Å². The molecular weight excluding hydrogens is 347 g/mol. The molecule has 1 aliphatic rings. The van der Waals surface area contributed by atoms with Gasteiger partial charge in [0.15, 0.2) is 11.6 Å². The number of esters is 2. The van der Waals surface area contributed by atoms with Gasteiger partial charge < -0.3 is 23.8 Å². The van der Waals surface area contributed by atoms with Crippen LogP contribution >= 0.6 is 0 Å². The summed E-state index contributed by atoms with van der Waals surface area (Å²) in [5.41, 5.74) is -0.812. The van der Waals surface area contributed by atoms with Crippen molar-refractivity contribution in [1.29, 1.82) is 0 Å². The van der Waals surface area contributed by atoms with Crippen LogP contribution in [0.2, 0.25) is 0 Å². The molecule has 0 atom stereocenters. The van der Waals surface area contributed by atoms with Gasteiger partial charge in [-0.1, -0.05) is 6.07 Å². The zero-order valence-corrected chi connectivity index (χ0v) is 13.3. The zero-order valence-electron chi connectivity index (χ0n) is 13.3. The van der Waals surface area contributed by atoms with E-state index in [1.54, 1.807) is 0 Å². The Morgan fingerprint density at radius 3 is 2.48 bits per heavy atom. The number of anilines is 1. The van der Waals surface area contributed by atoms with Gasteiger partial charge in [-0.15, -0.1) is 0 Å². The van der Waals surface area contributed by atoms with Crippen LogP contribution in [-0.4, -0.2) is 46.1 Å². The molecule has 25 heavy (non-hydrogen) atoms. The summed E-state index contributed by atoms with van der Waals surface area (Å²) >= 11 is 0. The predicted molar refractivity (Wildman–Crippen MR) is 77.4 cm³/mol. The number of ether oxygens (including phenoxy) is 4. The van der Waals surface area contributed by atoms with Crippen molar-refractivity contribution in [3.8, 4) is 5.75 Å². The highest BCUT2D eigenvalue weighted by Crippen LogP contribution is 2.33. The van der Waals surface area contributed by atoms with Gasteiger partial charge >= 0.3 is 18.6 Å². The highest BCUT2D eigenvalue weighted by atomic mass is 19.3. The molecule has 10 heteroatoms. The van der Waals surface area contributed by atoms with Crippen molar-refractivity contribution in [3.05, 3.63) is 35.3 Å². The fraction of sp³-hybridized carbons (Fsp3) is 0.333. The molecule has 0 fully saturated rings. The second-order valence-electron chi connectivity index (χ2n) is 4.68. The number of alkyl halides is 2. The van der Waals surface area contributed by atoms with Gasteiger partial charge in [0.05, 0.1) is 32.1 Å². The van der Waals surface area contributed by atoms with E-state index in [0.29, 0.717) is 0 Å². The number of hydrogen-bond acceptors (Lipinski definition) is 7. The van der Waals surface area contributed by atoms with Crippen LogP contribution in [0, 0.1) is 5.82 Å². The standard InChI is InChI=1S/C15H14F3NO6/c1-22-13(20)8-6-24-7-19(12(8)14(21)23-2)9-4-3-5-10(11(9)16)25-15(17)18/h3-5,15H,6-7H2,1-2H3. The number of nitrogens with zero attached hydrogens (tertiary/aromatic N) is 1. The lowest BCUT2D eigenvalue weighted by atomic mass is 10.1. The summed E-state index contributed by atoms with van der Waals surface area (Å²) in [6.45, 7) is -3.81. The van der Waals surface area contributed by atoms with Gasteiger partial charge in [-0.25, -0.2) is 14.0 Å². The second kappa shape index (κ2) is 7.88. The van der Waals surface area contributed by atoms with E-state index in [1.165, 1.54) is 12.1 Å². The summed E-state index contributed by atoms with van der Waals surface area (Å²) in [5, 5.41) is 0. The lowest BCUT2D eigenvalue weighted by molar-refractivity contribution is -0.140. The third kappa shape index (κ3) is 3.85. The summed E-state index contributed by atoms with van der Waals surface area (Å²) in [6.07, 6.45) is 0. The van der Waals surface area contributed by atoms with E-state index in [2.05, 4.69) is 14.2 Å². The molecule has 1 heterocycles. The highest BCUT2D eigenvalue weighted by molar-refractivity contribution is 6.03. The fourth-order valence-corrected chi connectivity index (χ4v) is 2.23. The number of carbonyl (C=O) groups excluding carboxylic acids is 2. The smallest absolute Gasteiger partial charge is 0.387 e. The zero-order chi connectivity index (χ0) is 18.6. The van der Waals surface area contributed by atoms with Gasteiger partial charge in [0.2, 0.25) is 0 Å². The van der Waals surface area contributed by atoms with Crippen LogP contribution in [0.4, 0.5) is 18.9 Å². The maximum Gasteiger partial charge on any atom is 0.387 e. The summed E-state index contributed by atoms with van der Waals surface area (Å²) in [7, 11) is 2.17. The van der Waals surface area contributed by atoms with Crippen molar-refractivity contribution >= 4 is 17.6 Å². The van der Waals surface area contributed by atoms with Crippen molar-refractivity contribution in [2.24, 2.45) is 0 Å². The molecule has 1 aromatic carbocycles. The average molecular weight is 361 g/mol. The molecule has 1 aliphatic heterocycles. The molecule has 0 unspecified atom stereocenters. The molecule has 0 aliphatic carbocycles. The molecule has 2 rings (SSSR count). The largest absolute Gasteiger partial charge is 0.466 e. The third-order valence-corrected chi connectivity index (χ3v) is 3.28. The van der Waals surface area contributed by atoms with Crippen LogP contribution in [0.1, 0.15) is 0 Å². The predicted octanol–water partition coefficient (Wildman–Crippen LogP) is 1.82. The Labute approximate surface area is 140 Å². The monoisotopic (exact) mass is 361 g/mol. The van der Waals surface area contributed by atoms with Crippen molar-refractivity contribution in [2.45, 2.75) is 6.61 Å². The molecule has 0 N–H and O–H groups in total. The number of benzene rings is 1. The van der Waals surface area contributed by atoms with Crippen LogP contribution in [0.3, 0.4) is 0 Å². The molecule has 0 bridgehead atoms. The first-order chi connectivity index (χ1) is 11.9. The Morgan fingerprint density at radius 2 is 1.88 bits per heavy atom. The first-order valence-corrected chi connectivity index (χ1v) is 6.89. The number of hydrogen-bond donors (Lipinski definition) is 0. The van der Waals surface area contributed by atoms with E-state index in [4.69, 9.17) is 4.74 Å². The van der Waals surface area contributed by atoms with Crippen LogP contribution < -0.4 is 9.64 Å². The number of rotatable bonds is 5. The molecular formula is C15H14F3NO6. The fourth-order valence-electron chi connectivity index (χ4n) is 2.23. The Balaban J connectivity index is 2.56. The third-order valence-electron chi connectivity index (χ3n) is 3.28. The molecule has 7 nitrogen and oxygen atoms in total. The first kappa shape index (κ1) is 18.6. The van der Waals surface area contributed by atoms with Crippen LogP contribution in [0.15, 0.2) is 29.5 Å². The first-order valence-electron chi connectivity index (χ1n) is 6.89. The van der Waals surface area contributed by atoms with Gasteiger partial charge in [0.1, 0.15) is 12.4 Å². The Bertz CT molecular complexity index is 707. The second-order valence-corrected chi connectivity index (χ2v) is 4.68. The summed E-state index contributed by atoms with van der Waals surface area (Å²) < 4.78 is 57.7. The maximum absolute atomic E-state index is 14.5. The van der Waals surface area contributed by atoms with Gasteiger partial charge in [-0.2, -0.15) is 8.78 Å². The van der Waals surface area contributed by atoms with Gasteiger partial charge in [0, 0.05) is 0 Å². The molecule has 0 aromatic heterocycles. The number of halogens is 3. The molecule has 136 valence electrons. The molecule has 1 aromatic rings. The van der Waals surface area contributed by atoms with Crippen molar-refractivity contribution in [3.63, 3.8) is 0 Å². The van der Waals surface area contributed by atoms with Crippen molar-refractivity contribution < 1.29 is 41.7 Å². The quantitative estimate of drug-likeness (QED) is 0.741. The van der Waals surface area contributed by atoms with Gasteiger partial charge in [-0.05, 0) is 12.1 Å². The van der Waals surface area contributed by atoms with E-state index in [9.17, 15) is 22.8 Å². The Morgan fingerprint density at radius 1 is 1.20 bits per heavy atom. The SMILES string of the molecule is COC(=O)C1=C(C(=O)OC)N(c2cccc(OC(F)F)c2F)COC1. The summed E-state index contributed by atoms with van der Waals surface area (Å²) in [6, 6.07) is 3.45. The number of methoxy groups -OCH3 is 2.